The molecular weight excluding hydrogens is 441 g/mol. The van der Waals surface area contributed by atoms with E-state index in [-0.39, 0.29) is 22.4 Å². The molecule has 0 unspecified atom stereocenters. The highest BCUT2D eigenvalue weighted by Gasteiger charge is 2.37. The van der Waals surface area contributed by atoms with Crippen molar-refractivity contribution in [2.24, 2.45) is 0 Å². The molecule has 0 amide bonds. The maximum Gasteiger partial charge on any atom is 0.485 e. The van der Waals surface area contributed by atoms with E-state index < -0.39 is 15.6 Å². The normalized spacial score (nSPS) is 11.7. The molecule has 0 saturated heterocycles. The van der Waals surface area contributed by atoms with Crippen LogP contribution < -0.4 is 0 Å². The van der Waals surface area contributed by atoms with Crippen molar-refractivity contribution in [2.75, 3.05) is 0 Å². The third-order valence-corrected chi connectivity index (χ3v) is 6.48. The van der Waals surface area contributed by atoms with Gasteiger partial charge >= 0.3 is 5.51 Å². The van der Waals surface area contributed by atoms with Crippen LogP contribution in [0.3, 0.4) is 0 Å². The summed E-state index contributed by atoms with van der Waals surface area (Å²) in [6.45, 7) is 2.07. The van der Waals surface area contributed by atoms with Crippen molar-refractivity contribution in [2.45, 2.75) is 27.1 Å². The lowest BCUT2D eigenvalue weighted by atomic mass is 10.2. The average molecular weight is 458 g/mol. The molecule has 0 aromatic heterocycles. The van der Waals surface area contributed by atoms with Crippen molar-refractivity contribution in [3.63, 3.8) is 0 Å². The van der Waals surface area contributed by atoms with Crippen LogP contribution >= 0.6 is 0 Å². The minimum atomic E-state index is -6.09. The van der Waals surface area contributed by atoms with Crippen molar-refractivity contribution in [1.82, 2.24) is 0 Å². The molecule has 5 nitrogen and oxygen atoms in total. The summed E-state index contributed by atoms with van der Waals surface area (Å²) in [5.41, 5.74) is -4.42. The molecule has 3 aromatic rings. The Kier molecular flexibility index (Phi) is 7.40. The maximum atomic E-state index is 10.7. The van der Waals surface area contributed by atoms with Gasteiger partial charge < -0.3 is 14.8 Å². The van der Waals surface area contributed by atoms with Crippen molar-refractivity contribution < 1.29 is 36.4 Å². The SMILES string of the molecule is Cc1ccc([S+](c2ccc(O)cc2)c2ccc(O)cc2)cc1.O=S(=O)([O-])C(F)(F)F. The Balaban J connectivity index is 0.000000343. The van der Waals surface area contributed by atoms with E-state index in [0.717, 1.165) is 9.79 Å². The minimum absolute atomic E-state index is 0.262. The fraction of sp³-hybridized carbons (Fsp3) is 0.100. The fourth-order valence-corrected chi connectivity index (χ4v) is 4.29. The molecule has 30 heavy (non-hydrogen) atoms. The molecule has 3 aromatic carbocycles. The molecule has 2 N–H and O–H groups in total. The number of phenolic OH excluding ortho intramolecular Hbond substituents is 2. The third kappa shape index (κ3) is 6.41. The summed E-state index contributed by atoms with van der Waals surface area (Å²) < 4.78 is 58.9. The highest BCUT2D eigenvalue weighted by Crippen LogP contribution is 2.32. The van der Waals surface area contributed by atoms with E-state index >= 15 is 0 Å². The van der Waals surface area contributed by atoms with E-state index in [0.29, 0.717) is 0 Å². The highest BCUT2D eigenvalue weighted by atomic mass is 32.2. The van der Waals surface area contributed by atoms with Gasteiger partial charge in [-0.1, -0.05) is 17.7 Å². The van der Waals surface area contributed by atoms with Crippen molar-refractivity contribution >= 4 is 21.0 Å². The van der Waals surface area contributed by atoms with Crippen LogP contribution in [-0.4, -0.2) is 28.7 Å². The average Bonchev–Trinajstić information content (AvgIpc) is 2.65. The largest absolute Gasteiger partial charge is 0.741 e. The molecule has 10 heteroatoms. The van der Waals surface area contributed by atoms with Gasteiger partial charge in [-0.15, -0.1) is 0 Å². The first-order valence-electron chi connectivity index (χ1n) is 8.29. The zero-order valence-corrected chi connectivity index (χ0v) is 17.1. The van der Waals surface area contributed by atoms with Gasteiger partial charge in [0.05, 0.1) is 10.9 Å². The maximum absolute atomic E-state index is 10.7. The van der Waals surface area contributed by atoms with Crippen LogP contribution in [0.5, 0.6) is 11.5 Å². The predicted molar refractivity (Wildman–Crippen MR) is 105 cm³/mol. The molecule has 0 radical (unpaired) electrons. The Bertz CT molecular complexity index is 955. The Morgan fingerprint density at radius 1 is 0.733 bits per heavy atom. The molecule has 0 spiro atoms. The molecule has 160 valence electrons. The van der Waals surface area contributed by atoms with Crippen LogP contribution in [0.4, 0.5) is 13.2 Å². The van der Waals surface area contributed by atoms with Crippen molar-refractivity contribution in [3.8, 4) is 11.5 Å². The number of hydrogen-bond acceptors (Lipinski definition) is 5. The van der Waals surface area contributed by atoms with Gasteiger partial charge in [0.15, 0.2) is 24.8 Å². The third-order valence-electron chi connectivity index (χ3n) is 3.69. The molecule has 0 fully saturated rings. The van der Waals surface area contributed by atoms with E-state index in [9.17, 15) is 23.4 Å². The van der Waals surface area contributed by atoms with Crippen LogP contribution in [0.2, 0.25) is 0 Å². The first kappa shape index (κ1) is 23.6. The Morgan fingerprint density at radius 2 is 1.00 bits per heavy atom. The minimum Gasteiger partial charge on any atom is -0.741 e. The molecule has 3 rings (SSSR count). The Hall–Kier alpha value is -2.69. The van der Waals surface area contributed by atoms with Gasteiger partial charge in [-0.05, 0) is 67.6 Å². The summed E-state index contributed by atoms with van der Waals surface area (Å²) >= 11 is 0. The molecular formula is C20H17F3O5S2. The summed E-state index contributed by atoms with van der Waals surface area (Å²) in [4.78, 5) is 3.47. The number of rotatable bonds is 3. The van der Waals surface area contributed by atoms with Gasteiger partial charge in [0.1, 0.15) is 11.5 Å². The Labute approximate surface area is 174 Å². The summed E-state index contributed by atoms with van der Waals surface area (Å²) in [7, 11) is -6.35. The second-order valence-corrected chi connectivity index (χ2v) is 9.40. The molecule has 0 saturated carbocycles. The van der Waals surface area contributed by atoms with Gasteiger partial charge in [-0.2, -0.15) is 13.2 Å². The number of alkyl halides is 3. The molecule has 0 aliphatic heterocycles. The molecule has 0 atom stereocenters. The van der Waals surface area contributed by atoms with Gasteiger partial charge in [0.2, 0.25) is 0 Å². The molecule has 0 heterocycles. The zero-order chi connectivity index (χ0) is 22.5. The van der Waals surface area contributed by atoms with Crippen LogP contribution in [0.1, 0.15) is 5.56 Å². The summed E-state index contributed by atoms with van der Waals surface area (Å²) in [5, 5.41) is 19.0. The van der Waals surface area contributed by atoms with E-state index in [1.165, 1.54) is 10.5 Å². The summed E-state index contributed by atoms with van der Waals surface area (Å²) in [6.07, 6.45) is 0. The monoisotopic (exact) mass is 458 g/mol. The van der Waals surface area contributed by atoms with Crippen molar-refractivity contribution in [3.05, 3.63) is 78.4 Å². The quantitative estimate of drug-likeness (QED) is 0.341. The van der Waals surface area contributed by atoms with Crippen LogP contribution in [0.15, 0.2) is 87.5 Å². The van der Waals surface area contributed by atoms with Crippen LogP contribution in [0.25, 0.3) is 0 Å². The van der Waals surface area contributed by atoms with Gasteiger partial charge in [0.25, 0.3) is 0 Å². The smallest absolute Gasteiger partial charge is 0.485 e. The molecule has 0 bridgehead atoms. The predicted octanol–water partition coefficient (Wildman–Crippen LogP) is 4.55. The number of phenols is 2. The second kappa shape index (κ2) is 9.41. The number of benzene rings is 3. The second-order valence-electron chi connectivity index (χ2n) is 6.01. The van der Waals surface area contributed by atoms with E-state index in [4.69, 9.17) is 13.0 Å². The van der Waals surface area contributed by atoms with E-state index in [2.05, 4.69) is 31.2 Å². The first-order valence-corrected chi connectivity index (χ1v) is 10.9. The number of halogens is 3. The lowest BCUT2D eigenvalue weighted by Crippen LogP contribution is -2.21. The summed E-state index contributed by atoms with van der Waals surface area (Å²) in [5.74, 6) is 0.531. The highest BCUT2D eigenvalue weighted by molar-refractivity contribution is 7.97. The van der Waals surface area contributed by atoms with Crippen molar-refractivity contribution in [1.29, 1.82) is 0 Å². The lowest BCUT2D eigenvalue weighted by Gasteiger charge is -2.08. The summed E-state index contributed by atoms with van der Waals surface area (Å²) in [6, 6.07) is 23.1. The molecule has 0 aliphatic carbocycles. The molecule has 0 aliphatic rings. The fourth-order valence-electron chi connectivity index (χ4n) is 2.25. The van der Waals surface area contributed by atoms with Gasteiger partial charge in [0, 0.05) is 0 Å². The zero-order valence-electron chi connectivity index (χ0n) is 15.5. The van der Waals surface area contributed by atoms with Gasteiger partial charge in [-0.3, -0.25) is 0 Å². The van der Waals surface area contributed by atoms with E-state index in [1.807, 2.05) is 24.3 Å². The number of aromatic hydroxyl groups is 2. The van der Waals surface area contributed by atoms with E-state index in [1.54, 1.807) is 24.3 Å². The van der Waals surface area contributed by atoms with Crippen LogP contribution in [0, 0.1) is 6.92 Å². The van der Waals surface area contributed by atoms with Gasteiger partial charge in [-0.25, -0.2) is 8.42 Å². The lowest BCUT2D eigenvalue weighted by molar-refractivity contribution is -0.0517. The Morgan fingerprint density at radius 3 is 1.27 bits per heavy atom. The van der Waals surface area contributed by atoms with Crippen LogP contribution in [-0.2, 0) is 21.0 Å². The number of aryl methyl sites for hydroxylation is 1. The first-order chi connectivity index (χ1) is 13.9. The number of hydrogen-bond donors (Lipinski definition) is 2. The topological polar surface area (TPSA) is 97.7 Å². The standard InChI is InChI=1S/C19H16O2S.CHF3O3S/c1-14-2-8-17(9-3-14)22(18-10-4-15(20)5-11-18)19-12-6-16(21)7-13-19;2-1(3,4)8(5,6)7/h2-13H,1H3,(H-,20,21);(H,5,6,7).